The van der Waals surface area contributed by atoms with Crippen LogP contribution in [0.15, 0.2) is 35.1 Å². The molecular formula is C23H27N3O4S. The van der Waals surface area contributed by atoms with Crippen LogP contribution in [0, 0.1) is 6.92 Å². The highest BCUT2D eigenvalue weighted by atomic mass is 32.1. The molecule has 3 heterocycles. The number of likely N-dealkylation sites (tertiary alicyclic amines) is 1. The number of rotatable bonds is 7. The highest BCUT2D eigenvalue weighted by Crippen LogP contribution is 2.32. The molecule has 0 radical (unpaired) electrons. The van der Waals surface area contributed by atoms with Crippen LogP contribution >= 0.6 is 11.3 Å². The minimum Gasteiger partial charge on any atom is -0.460 e. The lowest BCUT2D eigenvalue weighted by atomic mass is 9.99. The number of nitrogens with one attached hydrogen (secondary N) is 1. The van der Waals surface area contributed by atoms with Gasteiger partial charge < -0.3 is 14.5 Å². The minimum atomic E-state index is -0.402. The summed E-state index contributed by atoms with van der Waals surface area (Å²) in [6.45, 7) is 6.24. The molecule has 1 atom stereocenters. The first kappa shape index (κ1) is 21.7. The van der Waals surface area contributed by atoms with Crippen LogP contribution in [-0.2, 0) is 22.6 Å². The normalized spacial score (nSPS) is 19.2. The number of H-pyrrole nitrogens is 1. The summed E-state index contributed by atoms with van der Waals surface area (Å²) in [5, 5.41) is 0.439. The summed E-state index contributed by atoms with van der Waals surface area (Å²) < 4.78 is 10.8. The quantitative estimate of drug-likeness (QED) is 0.564. The summed E-state index contributed by atoms with van der Waals surface area (Å²) in [5.41, 5.74) is 1.39. The number of carbonyl (C=O) groups excluding carboxylic acids is 1. The van der Waals surface area contributed by atoms with Crippen LogP contribution in [0.4, 0.5) is 0 Å². The van der Waals surface area contributed by atoms with Gasteiger partial charge in [-0.1, -0.05) is 30.3 Å². The predicted octanol–water partition coefficient (Wildman–Crippen LogP) is 3.65. The van der Waals surface area contributed by atoms with Crippen LogP contribution in [0.25, 0.3) is 10.2 Å². The zero-order valence-corrected chi connectivity index (χ0v) is 18.9. The lowest BCUT2D eigenvalue weighted by molar-refractivity contribution is 0.0184. The van der Waals surface area contributed by atoms with Crippen LogP contribution in [0.2, 0.25) is 0 Å². The van der Waals surface area contributed by atoms with Gasteiger partial charge in [0.1, 0.15) is 28.7 Å². The number of carbonyl (C=O) groups is 1. The zero-order valence-electron chi connectivity index (χ0n) is 18.1. The van der Waals surface area contributed by atoms with Crippen LogP contribution in [-0.4, -0.2) is 46.6 Å². The van der Waals surface area contributed by atoms with Crippen molar-refractivity contribution in [1.29, 1.82) is 0 Å². The number of methoxy groups -OCH3 is 1. The van der Waals surface area contributed by atoms with E-state index in [4.69, 9.17) is 9.47 Å². The number of aromatic nitrogens is 2. The number of fused-ring (bicyclic) bond motifs is 1. The summed E-state index contributed by atoms with van der Waals surface area (Å²) in [5.74, 6) is 0.0390. The van der Waals surface area contributed by atoms with E-state index in [1.807, 2.05) is 18.2 Å². The Morgan fingerprint density at radius 1 is 1.32 bits per heavy atom. The van der Waals surface area contributed by atoms with Gasteiger partial charge in [0, 0.05) is 13.7 Å². The fourth-order valence-corrected chi connectivity index (χ4v) is 5.29. The topological polar surface area (TPSA) is 84.5 Å². The monoisotopic (exact) mass is 441 g/mol. The Morgan fingerprint density at radius 3 is 2.84 bits per heavy atom. The van der Waals surface area contributed by atoms with Gasteiger partial charge in [0.05, 0.1) is 10.9 Å². The van der Waals surface area contributed by atoms with Gasteiger partial charge in [-0.05, 0) is 44.4 Å². The molecule has 164 valence electrons. The molecule has 1 aliphatic rings. The molecule has 0 unspecified atom stereocenters. The van der Waals surface area contributed by atoms with Crippen molar-refractivity contribution in [2.45, 2.75) is 45.4 Å². The maximum absolute atomic E-state index is 12.9. The van der Waals surface area contributed by atoms with Gasteiger partial charge in [0.2, 0.25) is 0 Å². The maximum atomic E-state index is 12.9. The van der Waals surface area contributed by atoms with Gasteiger partial charge in [0.25, 0.3) is 5.56 Å². The molecular weight excluding hydrogens is 414 g/mol. The van der Waals surface area contributed by atoms with Gasteiger partial charge in [-0.2, -0.15) is 0 Å². The van der Waals surface area contributed by atoms with Gasteiger partial charge in [-0.15, -0.1) is 11.3 Å². The van der Waals surface area contributed by atoms with Gasteiger partial charge in [-0.25, -0.2) is 9.78 Å². The molecule has 1 saturated heterocycles. The third kappa shape index (κ3) is 4.42. The zero-order chi connectivity index (χ0) is 22.0. The number of esters is 1. The Labute approximate surface area is 185 Å². The highest BCUT2D eigenvalue weighted by Gasteiger charge is 2.38. The van der Waals surface area contributed by atoms with E-state index >= 15 is 0 Å². The molecule has 1 aromatic carbocycles. The Morgan fingerprint density at radius 2 is 2.10 bits per heavy atom. The maximum Gasteiger partial charge on any atom is 0.348 e. The van der Waals surface area contributed by atoms with Gasteiger partial charge in [0.15, 0.2) is 0 Å². The van der Waals surface area contributed by atoms with Crippen molar-refractivity contribution in [1.82, 2.24) is 14.9 Å². The molecule has 2 aromatic heterocycles. The molecule has 1 aliphatic heterocycles. The molecule has 0 bridgehead atoms. The van der Waals surface area contributed by atoms with Crippen molar-refractivity contribution >= 4 is 27.5 Å². The average molecular weight is 442 g/mol. The van der Waals surface area contributed by atoms with E-state index in [0.717, 1.165) is 25.9 Å². The fourth-order valence-electron chi connectivity index (χ4n) is 4.19. The number of aromatic amines is 1. The van der Waals surface area contributed by atoms with E-state index in [2.05, 4.69) is 33.9 Å². The second kappa shape index (κ2) is 8.90. The van der Waals surface area contributed by atoms with Gasteiger partial charge >= 0.3 is 5.97 Å². The number of hydrogen-bond donors (Lipinski definition) is 1. The first-order valence-electron chi connectivity index (χ1n) is 10.4. The molecule has 31 heavy (non-hydrogen) atoms. The lowest BCUT2D eigenvalue weighted by Gasteiger charge is -2.34. The number of hydrogen-bond acceptors (Lipinski definition) is 7. The molecule has 0 amide bonds. The molecule has 4 rings (SSSR count). The summed E-state index contributed by atoms with van der Waals surface area (Å²) in [6, 6.07) is 10.3. The molecule has 7 nitrogen and oxygen atoms in total. The van der Waals surface area contributed by atoms with E-state index in [1.54, 1.807) is 6.92 Å². The fraction of sp³-hybridized carbons (Fsp3) is 0.435. The number of ether oxygens (including phenoxy) is 2. The smallest absolute Gasteiger partial charge is 0.348 e. The Balaban J connectivity index is 1.50. The second-order valence-corrected chi connectivity index (χ2v) is 9.26. The average Bonchev–Trinajstić information content (AvgIpc) is 3.28. The van der Waals surface area contributed by atoms with E-state index < -0.39 is 5.97 Å². The second-order valence-electron chi connectivity index (χ2n) is 8.27. The van der Waals surface area contributed by atoms with Crippen molar-refractivity contribution in [2.75, 3.05) is 20.3 Å². The minimum absolute atomic E-state index is 0.206. The van der Waals surface area contributed by atoms with Gasteiger partial charge in [-0.3, -0.25) is 9.69 Å². The Bertz CT molecular complexity index is 1140. The van der Waals surface area contributed by atoms with E-state index in [-0.39, 0.29) is 17.7 Å². The summed E-state index contributed by atoms with van der Waals surface area (Å²) >= 11 is 1.20. The van der Waals surface area contributed by atoms with Crippen molar-refractivity contribution in [3.63, 3.8) is 0 Å². The van der Waals surface area contributed by atoms with Crippen LogP contribution in [0.3, 0.4) is 0 Å². The van der Waals surface area contributed by atoms with Crippen molar-refractivity contribution < 1.29 is 14.3 Å². The number of benzene rings is 1. The summed E-state index contributed by atoms with van der Waals surface area (Å²) in [4.78, 5) is 35.9. The molecule has 0 spiro atoms. The molecule has 1 fully saturated rings. The molecule has 8 heteroatoms. The van der Waals surface area contributed by atoms with Crippen LogP contribution < -0.4 is 5.56 Å². The number of aryl methyl sites for hydroxylation is 1. The molecule has 1 N–H and O–H groups in total. The van der Waals surface area contributed by atoms with E-state index in [9.17, 15) is 9.59 Å². The lowest BCUT2D eigenvalue weighted by Crippen LogP contribution is -2.45. The third-order valence-corrected chi connectivity index (χ3v) is 7.12. The molecule has 0 aliphatic carbocycles. The van der Waals surface area contributed by atoms with Crippen molar-refractivity contribution in [3.8, 4) is 0 Å². The SMILES string of the molecule is COCc1nc2sc(C(=O)OC[C@@]3(C)CCCN3Cc3ccccc3)c(C)c2c(=O)[nH]1. The third-order valence-electron chi connectivity index (χ3n) is 5.95. The predicted molar refractivity (Wildman–Crippen MR) is 120 cm³/mol. The van der Waals surface area contributed by atoms with E-state index in [1.165, 1.54) is 24.0 Å². The summed E-state index contributed by atoms with van der Waals surface area (Å²) in [6.07, 6.45) is 2.05. The first-order chi connectivity index (χ1) is 14.9. The van der Waals surface area contributed by atoms with Crippen LogP contribution in [0.1, 0.15) is 46.4 Å². The van der Waals surface area contributed by atoms with Crippen molar-refractivity contribution in [2.24, 2.45) is 0 Å². The molecule has 3 aromatic rings. The van der Waals surface area contributed by atoms with Crippen LogP contribution in [0.5, 0.6) is 0 Å². The number of nitrogens with zero attached hydrogens (tertiary/aromatic N) is 2. The largest absolute Gasteiger partial charge is 0.460 e. The first-order valence-corrected chi connectivity index (χ1v) is 11.2. The standard InChI is InChI=1S/C23H27N3O4S/c1-15-18-20(27)24-17(13-29-3)25-21(18)31-19(15)22(28)30-14-23(2)10-7-11-26(23)12-16-8-5-4-6-9-16/h4-6,8-9H,7,10-14H2,1-3H3,(H,24,25,27)/t23-/m1/s1. The Kier molecular flexibility index (Phi) is 6.22. The number of thiophene rings is 1. The Hall–Kier alpha value is -2.55. The van der Waals surface area contributed by atoms with Crippen molar-refractivity contribution in [3.05, 3.63) is 62.5 Å². The highest BCUT2D eigenvalue weighted by molar-refractivity contribution is 7.20. The van der Waals surface area contributed by atoms with E-state index in [0.29, 0.717) is 33.1 Å². The molecule has 0 saturated carbocycles. The summed E-state index contributed by atoms with van der Waals surface area (Å²) in [7, 11) is 1.54.